The van der Waals surface area contributed by atoms with Crippen LogP contribution in [0.1, 0.15) is 23.0 Å². The van der Waals surface area contributed by atoms with Gasteiger partial charge in [0.05, 0.1) is 5.25 Å². The number of hydrogen-bond donors (Lipinski definition) is 3. The van der Waals surface area contributed by atoms with Crippen molar-refractivity contribution in [3.8, 4) is 0 Å². The van der Waals surface area contributed by atoms with Gasteiger partial charge in [0.25, 0.3) is 5.24 Å². The lowest BCUT2D eigenvalue weighted by atomic mass is 10.0. The lowest BCUT2D eigenvalue weighted by Gasteiger charge is -2.10. The molecule has 1 saturated heterocycles. The van der Waals surface area contributed by atoms with Crippen molar-refractivity contribution in [2.24, 2.45) is 0 Å². The number of carbonyl (C=O) groups excluding carboxylic acids is 2. The maximum absolute atomic E-state index is 11.4. The van der Waals surface area contributed by atoms with Crippen molar-refractivity contribution >= 4 is 22.9 Å². The highest BCUT2D eigenvalue weighted by atomic mass is 32.2. The molecule has 1 atom stereocenters. The van der Waals surface area contributed by atoms with Gasteiger partial charge in [-0.15, -0.1) is 0 Å². The topological polar surface area (TPSA) is 86.6 Å². The molecule has 0 spiro atoms. The minimum Gasteiger partial charge on any atom is -0.364 e. The summed E-state index contributed by atoms with van der Waals surface area (Å²) in [7, 11) is 0. The molecule has 1 heterocycles. The molecule has 0 radical (unpaired) electrons. The summed E-state index contributed by atoms with van der Waals surface area (Å²) < 4.78 is 0. The predicted octanol–water partition coefficient (Wildman–Crippen LogP) is 0.872. The molecule has 1 unspecified atom stereocenters. The Balaban J connectivity index is 2.19. The molecule has 96 valence electrons. The van der Waals surface area contributed by atoms with Crippen LogP contribution in [0.4, 0.5) is 4.79 Å². The SMILES string of the molecule is Cc1cc(CC2SC(=O)NC2=O)cc(C(O)O)c1. The summed E-state index contributed by atoms with van der Waals surface area (Å²) in [6.45, 7) is 1.84. The van der Waals surface area contributed by atoms with Gasteiger partial charge in [-0.25, -0.2) is 0 Å². The van der Waals surface area contributed by atoms with Gasteiger partial charge in [0, 0.05) is 5.56 Å². The maximum Gasteiger partial charge on any atom is 0.286 e. The normalized spacial score (nSPS) is 19.4. The van der Waals surface area contributed by atoms with Crippen LogP contribution in [0.15, 0.2) is 18.2 Å². The van der Waals surface area contributed by atoms with Gasteiger partial charge in [-0.2, -0.15) is 0 Å². The molecule has 2 rings (SSSR count). The first kappa shape index (κ1) is 13.1. The minimum atomic E-state index is -1.53. The molecule has 1 fully saturated rings. The summed E-state index contributed by atoms with van der Waals surface area (Å²) in [5.74, 6) is -0.294. The third-order valence-electron chi connectivity index (χ3n) is 2.65. The molecule has 1 aliphatic heterocycles. The van der Waals surface area contributed by atoms with Crippen LogP contribution >= 0.6 is 11.8 Å². The Labute approximate surface area is 108 Å². The Hall–Kier alpha value is -1.37. The monoisotopic (exact) mass is 267 g/mol. The molecule has 1 aromatic rings. The van der Waals surface area contributed by atoms with Gasteiger partial charge in [-0.05, 0) is 18.9 Å². The fourth-order valence-electron chi connectivity index (χ4n) is 1.90. The lowest BCUT2D eigenvalue weighted by molar-refractivity contribution is -0.118. The highest BCUT2D eigenvalue weighted by Crippen LogP contribution is 2.24. The molecule has 2 amide bonds. The zero-order chi connectivity index (χ0) is 13.3. The van der Waals surface area contributed by atoms with Crippen molar-refractivity contribution in [2.45, 2.75) is 24.9 Å². The first-order chi connectivity index (χ1) is 8.45. The van der Waals surface area contributed by atoms with Crippen molar-refractivity contribution in [1.82, 2.24) is 5.32 Å². The minimum absolute atomic E-state index is 0.294. The van der Waals surface area contributed by atoms with Gasteiger partial charge in [-0.1, -0.05) is 35.5 Å². The number of rotatable bonds is 3. The number of aryl methyl sites for hydroxylation is 1. The van der Waals surface area contributed by atoms with Gasteiger partial charge in [0.2, 0.25) is 5.91 Å². The number of hydrogen-bond acceptors (Lipinski definition) is 5. The molecule has 6 heteroatoms. The molecule has 1 aromatic carbocycles. The summed E-state index contributed by atoms with van der Waals surface area (Å²) in [6, 6.07) is 5.16. The van der Waals surface area contributed by atoms with Crippen molar-refractivity contribution in [3.05, 3.63) is 34.9 Å². The highest BCUT2D eigenvalue weighted by molar-refractivity contribution is 8.15. The molecular weight excluding hydrogens is 254 g/mol. The average Bonchev–Trinajstić information content (AvgIpc) is 2.56. The van der Waals surface area contributed by atoms with Crippen LogP contribution < -0.4 is 5.32 Å². The van der Waals surface area contributed by atoms with Gasteiger partial charge in [0.15, 0.2) is 6.29 Å². The van der Waals surface area contributed by atoms with Crippen molar-refractivity contribution in [3.63, 3.8) is 0 Å². The summed E-state index contributed by atoms with van der Waals surface area (Å²) in [5, 5.41) is 19.7. The molecule has 0 aliphatic carbocycles. The number of aliphatic hydroxyl groups excluding tert-OH is 1. The second-order valence-electron chi connectivity index (χ2n) is 4.21. The van der Waals surface area contributed by atoms with Crippen LogP contribution in [-0.4, -0.2) is 26.6 Å². The number of amides is 2. The number of carbonyl (C=O) groups is 2. The average molecular weight is 267 g/mol. The van der Waals surface area contributed by atoms with Crippen LogP contribution in [0.25, 0.3) is 0 Å². The van der Waals surface area contributed by atoms with E-state index >= 15 is 0 Å². The molecule has 18 heavy (non-hydrogen) atoms. The van der Waals surface area contributed by atoms with Crippen molar-refractivity contribution in [2.75, 3.05) is 0 Å². The van der Waals surface area contributed by atoms with E-state index in [2.05, 4.69) is 5.32 Å². The van der Waals surface area contributed by atoms with E-state index in [0.717, 1.165) is 22.9 Å². The van der Waals surface area contributed by atoms with Gasteiger partial charge < -0.3 is 10.2 Å². The van der Waals surface area contributed by atoms with Crippen molar-refractivity contribution in [1.29, 1.82) is 0 Å². The van der Waals surface area contributed by atoms with E-state index in [1.165, 1.54) is 0 Å². The number of aliphatic hydroxyl groups is 2. The number of imide groups is 1. The fraction of sp³-hybridized carbons (Fsp3) is 0.333. The first-order valence-corrected chi connectivity index (χ1v) is 6.32. The van der Waals surface area contributed by atoms with E-state index in [4.69, 9.17) is 10.2 Å². The molecular formula is C12H13NO4S. The van der Waals surface area contributed by atoms with Gasteiger partial charge in [0.1, 0.15) is 0 Å². The molecule has 0 saturated carbocycles. The Kier molecular flexibility index (Phi) is 3.70. The Morgan fingerprint density at radius 3 is 2.61 bits per heavy atom. The second kappa shape index (κ2) is 5.09. The van der Waals surface area contributed by atoms with E-state index in [0.29, 0.717) is 12.0 Å². The highest BCUT2D eigenvalue weighted by Gasteiger charge is 2.31. The predicted molar refractivity (Wildman–Crippen MR) is 67.0 cm³/mol. The third-order valence-corrected chi connectivity index (χ3v) is 3.63. The van der Waals surface area contributed by atoms with Crippen molar-refractivity contribution < 1.29 is 19.8 Å². The smallest absolute Gasteiger partial charge is 0.286 e. The number of nitrogens with one attached hydrogen (secondary N) is 1. The van der Waals surface area contributed by atoms with Crippen LogP contribution in [0, 0.1) is 6.92 Å². The molecule has 0 aromatic heterocycles. The van der Waals surface area contributed by atoms with Gasteiger partial charge >= 0.3 is 0 Å². The molecule has 5 nitrogen and oxygen atoms in total. The van der Waals surface area contributed by atoms with Gasteiger partial charge in [-0.3, -0.25) is 14.9 Å². The summed E-state index contributed by atoms with van der Waals surface area (Å²) in [6.07, 6.45) is -1.14. The van der Waals surface area contributed by atoms with E-state index < -0.39 is 11.5 Å². The number of thioether (sulfide) groups is 1. The van der Waals surface area contributed by atoms with E-state index in [9.17, 15) is 9.59 Å². The third kappa shape index (κ3) is 2.90. The van der Waals surface area contributed by atoms with E-state index in [1.807, 2.05) is 13.0 Å². The lowest BCUT2D eigenvalue weighted by Crippen LogP contribution is -2.25. The summed E-state index contributed by atoms with van der Waals surface area (Å²) >= 11 is 0.964. The summed E-state index contributed by atoms with van der Waals surface area (Å²) in [5.41, 5.74) is 2.07. The second-order valence-corrected chi connectivity index (χ2v) is 5.39. The standard InChI is InChI=1S/C12H13NO4S/c1-6-2-7(4-8(3-6)11(15)16)5-9-10(14)13-12(17)18-9/h2-4,9,11,15-16H,5H2,1H3,(H,13,14,17). The zero-order valence-corrected chi connectivity index (χ0v) is 10.5. The van der Waals surface area contributed by atoms with Crippen LogP contribution in [0.3, 0.4) is 0 Å². The molecule has 3 N–H and O–H groups in total. The van der Waals surface area contributed by atoms with Crippen LogP contribution in [-0.2, 0) is 11.2 Å². The Morgan fingerprint density at radius 1 is 1.33 bits per heavy atom. The number of benzene rings is 1. The Morgan fingerprint density at radius 2 is 2.06 bits per heavy atom. The van der Waals surface area contributed by atoms with Crippen LogP contribution in [0.5, 0.6) is 0 Å². The molecule has 0 bridgehead atoms. The molecule has 1 aliphatic rings. The fourth-order valence-corrected chi connectivity index (χ4v) is 2.76. The van der Waals surface area contributed by atoms with E-state index in [1.54, 1.807) is 12.1 Å². The quantitative estimate of drug-likeness (QED) is 0.707. The maximum atomic E-state index is 11.4. The zero-order valence-electron chi connectivity index (χ0n) is 9.71. The van der Waals surface area contributed by atoms with Crippen LogP contribution in [0.2, 0.25) is 0 Å². The largest absolute Gasteiger partial charge is 0.364 e. The summed E-state index contributed by atoms with van der Waals surface area (Å²) in [4.78, 5) is 22.5. The Bertz CT molecular complexity index is 501. The van der Waals surface area contributed by atoms with E-state index in [-0.39, 0.29) is 11.1 Å². The first-order valence-electron chi connectivity index (χ1n) is 5.44.